The van der Waals surface area contributed by atoms with Gasteiger partial charge in [0.1, 0.15) is 0 Å². The zero-order chi connectivity index (χ0) is 10.3. The van der Waals surface area contributed by atoms with Crippen molar-refractivity contribution in [2.45, 2.75) is 52.4 Å². The fourth-order valence-corrected chi connectivity index (χ4v) is 3.04. The monoisotopic (exact) mass is 209 g/mol. The Labute approximate surface area is 90.6 Å². The van der Waals surface area contributed by atoms with Gasteiger partial charge in [0.25, 0.3) is 0 Å². The van der Waals surface area contributed by atoms with Gasteiger partial charge in [0, 0.05) is 11.3 Å². The van der Waals surface area contributed by atoms with E-state index in [0.717, 1.165) is 5.92 Å². The molecule has 2 atom stereocenters. The number of hydrogen-bond donors (Lipinski definition) is 0. The third kappa shape index (κ3) is 1.72. The van der Waals surface area contributed by atoms with Gasteiger partial charge in [-0.25, -0.2) is 4.98 Å². The summed E-state index contributed by atoms with van der Waals surface area (Å²) in [6.45, 7) is 9.16. The highest BCUT2D eigenvalue weighted by Crippen LogP contribution is 2.59. The number of aromatic nitrogens is 1. The molecule has 2 unspecified atom stereocenters. The Kier molecular flexibility index (Phi) is 2.42. The minimum Gasteiger partial charge on any atom is -0.246 e. The molecular formula is C12H19NS. The van der Waals surface area contributed by atoms with Gasteiger partial charge in [-0.05, 0) is 24.2 Å². The Morgan fingerprint density at radius 2 is 2.29 bits per heavy atom. The maximum atomic E-state index is 4.76. The summed E-state index contributed by atoms with van der Waals surface area (Å²) in [6.07, 6.45) is 2.51. The van der Waals surface area contributed by atoms with Gasteiger partial charge in [-0.15, -0.1) is 11.3 Å². The Morgan fingerprint density at radius 3 is 2.79 bits per heavy atom. The second-order valence-electron chi connectivity index (χ2n) is 5.17. The van der Waals surface area contributed by atoms with Gasteiger partial charge < -0.3 is 0 Å². The van der Waals surface area contributed by atoms with Crippen LogP contribution in [0.15, 0.2) is 5.38 Å². The third-order valence-electron chi connectivity index (χ3n) is 3.47. The molecule has 0 aromatic carbocycles. The smallest absolute Gasteiger partial charge is 0.0964 e. The summed E-state index contributed by atoms with van der Waals surface area (Å²) in [5.41, 5.74) is 1.82. The summed E-state index contributed by atoms with van der Waals surface area (Å²) < 4.78 is 0. The van der Waals surface area contributed by atoms with Gasteiger partial charge in [0.15, 0.2) is 0 Å². The highest BCUT2D eigenvalue weighted by molar-refractivity contribution is 7.09. The highest BCUT2D eigenvalue weighted by atomic mass is 32.1. The third-order valence-corrected chi connectivity index (χ3v) is 4.45. The molecule has 1 aromatic heterocycles. The summed E-state index contributed by atoms with van der Waals surface area (Å²) in [4.78, 5) is 4.76. The van der Waals surface area contributed by atoms with Crippen molar-refractivity contribution >= 4 is 11.3 Å². The van der Waals surface area contributed by atoms with Crippen LogP contribution in [-0.2, 0) is 0 Å². The van der Waals surface area contributed by atoms with Crippen LogP contribution in [0.5, 0.6) is 0 Å². The molecule has 1 aliphatic rings. The minimum atomic E-state index is 0.518. The average Bonchev–Trinajstić information content (AvgIpc) is 2.64. The predicted octanol–water partition coefficient (Wildman–Crippen LogP) is 4.17. The van der Waals surface area contributed by atoms with Gasteiger partial charge in [0.2, 0.25) is 0 Å². The lowest BCUT2D eigenvalue weighted by Gasteiger charge is -2.03. The summed E-state index contributed by atoms with van der Waals surface area (Å²) in [7, 11) is 0. The van der Waals surface area contributed by atoms with Crippen molar-refractivity contribution in [1.29, 1.82) is 0 Å². The largest absolute Gasteiger partial charge is 0.246 e. The minimum absolute atomic E-state index is 0.518. The Hall–Kier alpha value is -0.370. The quantitative estimate of drug-likeness (QED) is 0.728. The summed E-state index contributed by atoms with van der Waals surface area (Å²) in [6, 6.07) is 0. The first-order chi connectivity index (χ1) is 6.54. The van der Waals surface area contributed by atoms with Crippen molar-refractivity contribution in [1.82, 2.24) is 4.98 Å². The van der Waals surface area contributed by atoms with Crippen molar-refractivity contribution in [2.24, 2.45) is 5.41 Å². The average molecular weight is 209 g/mol. The van der Waals surface area contributed by atoms with Crippen LogP contribution in [0.4, 0.5) is 0 Å². The van der Waals surface area contributed by atoms with Crippen LogP contribution >= 0.6 is 11.3 Å². The summed E-state index contributed by atoms with van der Waals surface area (Å²) >= 11 is 1.86. The van der Waals surface area contributed by atoms with Crippen LogP contribution in [0.2, 0.25) is 0 Å². The molecule has 1 aliphatic carbocycles. The molecule has 0 spiro atoms. The van der Waals surface area contributed by atoms with Crippen LogP contribution in [0.1, 0.15) is 63.1 Å². The lowest BCUT2D eigenvalue weighted by atomic mass is 10.1. The molecule has 0 radical (unpaired) electrons. The zero-order valence-corrected chi connectivity index (χ0v) is 10.3. The van der Waals surface area contributed by atoms with E-state index in [0.29, 0.717) is 11.3 Å². The Bertz CT molecular complexity index is 327. The second kappa shape index (κ2) is 3.34. The highest BCUT2D eigenvalue weighted by Gasteiger charge is 2.48. The van der Waals surface area contributed by atoms with Crippen LogP contribution in [0.3, 0.4) is 0 Å². The standard InChI is InChI=1S/C12H19NS/c1-5-8(2)10-7-14-11(13-10)9-6-12(9,3)4/h7-9H,5-6H2,1-4H3. The molecular weight excluding hydrogens is 190 g/mol. The molecule has 1 nitrogen and oxygen atoms in total. The fraction of sp³-hybridized carbons (Fsp3) is 0.750. The maximum Gasteiger partial charge on any atom is 0.0964 e. The lowest BCUT2D eigenvalue weighted by Crippen LogP contribution is -1.93. The van der Waals surface area contributed by atoms with Crippen LogP contribution in [-0.4, -0.2) is 4.98 Å². The molecule has 1 saturated carbocycles. The van der Waals surface area contributed by atoms with Gasteiger partial charge in [-0.2, -0.15) is 0 Å². The van der Waals surface area contributed by atoms with E-state index in [1.165, 1.54) is 23.5 Å². The lowest BCUT2D eigenvalue weighted by molar-refractivity contribution is 0.617. The molecule has 1 fully saturated rings. The van der Waals surface area contributed by atoms with Gasteiger partial charge in [-0.3, -0.25) is 0 Å². The van der Waals surface area contributed by atoms with Crippen LogP contribution in [0.25, 0.3) is 0 Å². The Morgan fingerprint density at radius 1 is 1.64 bits per heavy atom. The molecule has 0 bridgehead atoms. The van der Waals surface area contributed by atoms with Gasteiger partial charge in [-0.1, -0.05) is 27.7 Å². The number of hydrogen-bond acceptors (Lipinski definition) is 2. The molecule has 78 valence electrons. The van der Waals surface area contributed by atoms with Crippen molar-refractivity contribution in [2.75, 3.05) is 0 Å². The number of nitrogens with zero attached hydrogens (tertiary/aromatic N) is 1. The second-order valence-corrected chi connectivity index (χ2v) is 6.05. The molecule has 1 aromatic rings. The molecule has 2 rings (SSSR count). The van der Waals surface area contributed by atoms with Crippen molar-refractivity contribution in [3.05, 3.63) is 16.1 Å². The van der Waals surface area contributed by atoms with E-state index in [2.05, 4.69) is 33.1 Å². The molecule has 0 amide bonds. The summed E-state index contributed by atoms with van der Waals surface area (Å²) in [5, 5.41) is 3.61. The molecule has 0 saturated heterocycles. The van der Waals surface area contributed by atoms with E-state index in [9.17, 15) is 0 Å². The van der Waals surface area contributed by atoms with E-state index in [1.807, 2.05) is 11.3 Å². The first-order valence-corrected chi connectivity index (χ1v) is 6.38. The van der Waals surface area contributed by atoms with Crippen molar-refractivity contribution in [3.63, 3.8) is 0 Å². The Balaban J connectivity index is 2.11. The number of thiazole rings is 1. The van der Waals surface area contributed by atoms with Crippen molar-refractivity contribution in [3.8, 4) is 0 Å². The number of rotatable bonds is 3. The molecule has 2 heteroatoms. The zero-order valence-electron chi connectivity index (χ0n) is 9.50. The first kappa shape index (κ1) is 10.2. The van der Waals surface area contributed by atoms with Crippen molar-refractivity contribution < 1.29 is 0 Å². The van der Waals surface area contributed by atoms with Gasteiger partial charge in [0.05, 0.1) is 10.7 Å². The molecule has 1 heterocycles. The SMILES string of the molecule is CCC(C)c1csc(C2CC2(C)C)n1. The van der Waals surface area contributed by atoms with Gasteiger partial charge >= 0.3 is 0 Å². The van der Waals surface area contributed by atoms with E-state index in [1.54, 1.807) is 0 Å². The molecule has 14 heavy (non-hydrogen) atoms. The first-order valence-electron chi connectivity index (χ1n) is 5.50. The predicted molar refractivity (Wildman–Crippen MR) is 62.0 cm³/mol. The molecule has 0 N–H and O–H groups in total. The maximum absolute atomic E-state index is 4.76. The van der Waals surface area contributed by atoms with E-state index in [4.69, 9.17) is 4.98 Å². The van der Waals surface area contributed by atoms with Crippen LogP contribution < -0.4 is 0 Å². The normalized spacial score (nSPS) is 26.1. The van der Waals surface area contributed by atoms with E-state index in [-0.39, 0.29) is 0 Å². The fourth-order valence-electron chi connectivity index (χ4n) is 1.78. The van der Waals surface area contributed by atoms with E-state index < -0.39 is 0 Å². The van der Waals surface area contributed by atoms with Crippen LogP contribution in [0, 0.1) is 5.41 Å². The topological polar surface area (TPSA) is 12.9 Å². The summed E-state index contributed by atoms with van der Waals surface area (Å²) in [5.74, 6) is 1.37. The van der Waals surface area contributed by atoms with E-state index >= 15 is 0 Å². The molecule has 0 aliphatic heterocycles.